The maximum atomic E-state index is 8.64. The first kappa shape index (κ1) is 11.2. The van der Waals surface area contributed by atoms with Gasteiger partial charge in [0.1, 0.15) is 5.82 Å². The monoisotopic (exact) mass is 293 g/mol. The fourth-order valence-corrected chi connectivity index (χ4v) is 2.70. The minimum absolute atomic E-state index is 0.251. The average Bonchev–Trinajstić information content (AvgIpc) is 2.64. The third-order valence-corrected chi connectivity index (χ3v) is 3.61. The van der Waals surface area contributed by atoms with Crippen molar-refractivity contribution in [1.82, 2.24) is 9.97 Å². The fraction of sp³-hybridized carbons (Fsp3) is 0.182. The quantitative estimate of drug-likeness (QED) is 0.853. The van der Waals surface area contributed by atoms with Crippen molar-refractivity contribution >= 4 is 27.3 Å². The summed E-state index contributed by atoms with van der Waals surface area (Å²) >= 11 is 5.04. The molecule has 2 heterocycles. The van der Waals surface area contributed by atoms with Crippen LogP contribution in [0.25, 0.3) is 10.6 Å². The molecule has 0 aliphatic heterocycles. The zero-order valence-corrected chi connectivity index (χ0v) is 11.0. The van der Waals surface area contributed by atoms with E-state index in [1.165, 1.54) is 0 Å². The zero-order chi connectivity index (χ0) is 11.5. The summed E-state index contributed by atoms with van der Waals surface area (Å²) in [5, 5.41) is 8.64. The summed E-state index contributed by atoms with van der Waals surface area (Å²) in [6.45, 7) is 1.91. The molecule has 0 amide bonds. The first-order valence-corrected chi connectivity index (χ1v) is 6.27. The predicted octanol–water partition coefficient (Wildman–Crippen LogP) is 3.34. The van der Waals surface area contributed by atoms with Crippen molar-refractivity contribution in [2.45, 2.75) is 13.3 Å². The summed E-state index contributed by atoms with van der Waals surface area (Å²) in [6.07, 6.45) is 0.251. The maximum Gasteiger partial charge on any atom is 0.143 e. The Morgan fingerprint density at radius 1 is 1.44 bits per heavy atom. The molecule has 0 spiro atoms. The molecule has 0 radical (unpaired) electrons. The lowest BCUT2D eigenvalue weighted by Crippen LogP contribution is -1.97. The fourth-order valence-electron chi connectivity index (χ4n) is 1.36. The topological polar surface area (TPSA) is 49.6 Å². The molecule has 3 nitrogen and oxygen atoms in total. The standard InChI is InChI=1S/C11H8BrN3S/c1-7-6-8(9-2-3-10(12)16-9)15-11(14-7)4-5-13/h2-3,6H,4H2,1H3. The van der Waals surface area contributed by atoms with Crippen molar-refractivity contribution < 1.29 is 0 Å². The summed E-state index contributed by atoms with van der Waals surface area (Å²) in [5.74, 6) is 0.585. The van der Waals surface area contributed by atoms with Crippen LogP contribution in [0.1, 0.15) is 11.5 Å². The third kappa shape index (κ3) is 2.46. The number of aromatic nitrogens is 2. The number of aryl methyl sites for hydroxylation is 1. The van der Waals surface area contributed by atoms with Gasteiger partial charge in [0, 0.05) is 5.69 Å². The summed E-state index contributed by atoms with van der Waals surface area (Å²) in [5.41, 5.74) is 1.77. The molecule has 0 saturated carbocycles. The van der Waals surface area contributed by atoms with Crippen LogP contribution in [0.3, 0.4) is 0 Å². The van der Waals surface area contributed by atoms with Crippen LogP contribution < -0.4 is 0 Å². The molecule has 0 aromatic carbocycles. The minimum Gasteiger partial charge on any atom is -0.237 e. The van der Waals surface area contributed by atoms with Crippen LogP contribution in [0.5, 0.6) is 0 Å². The van der Waals surface area contributed by atoms with Crippen LogP contribution >= 0.6 is 27.3 Å². The molecule has 80 valence electrons. The Bertz CT molecular complexity index is 557. The maximum absolute atomic E-state index is 8.64. The van der Waals surface area contributed by atoms with Crippen LogP contribution in [0.15, 0.2) is 22.0 Å². The average molecular weight is 294 g/mol. The van der Waals surface area contributed by atoms with Crippen LogP contribution in [-0.2, 0) is 6.42 Å². The molecule has 0 unspecified atom stereocenters. The van der Waals surface area contributed by atoms with E-state index in [4.69, 9.17) is 5.26 Å². The highest BCUT2D eigenvalue weighted by Gasteiger charge is 2.06. The predicted molar refractivity (Wildman–Crippen MR) is 67.1 cm³/mol. The molecule has 0 N–H and O–H groups in total. The lowest BCUT2D eigenvalue weighted by molar-refractivity contribution is 0.970. The molecule has 0 aliphatic rings. The van der Waals surface area contributed by atoms with Gasteiger partial charge >= 0.3 is 0 Å². The lowest BCUT2D eigenvalue weighted by Gasteiger charge is -2.01. The van der Waals surface area contributed by atoms with Crippen molar-refractivity contribution in [3.8, 4) is 16.6 Å². The number of halogens is 1. The summed E-state index contributed by atoms with van der Waals surface area (Å²) in [4.78, 5) is 9.66. The summed E-state index contributed by atoms with van der Waals surface area (Å²) in [7, 11) is 0. The van der Waals surface area contributed by atoms with E-state index in [0.29, 0.717) is 5.82 Å². The second-order valence-corrected chi connectivity index (χ2v) is 5.71. The second-order valence-electron chi connectivity index (χ2n) is 3.25. The van der Waals surface area contributed by atoms with E-state index in [1.54, 1.807) is 11.3 Å². The van der Waals surface area contributed by atoms with Gasteiger partial charge in [-0.05, 0) is 41.1 Å². The van der Waals surface area contributed by atoms with Crippen molar-refractivity contribution in [1.29, 1.82) is 5.26 Å². The van der Waals surface area contributed by atoms with Gasteiger partial charge in [-0.15, -0.1) is 11.3 Å². The zero-order valence-electron chi connectivity index (χ0n) is 8.57. The van der Waals surface area contributed by atoms with E-state index in [9.17, 15) is 0 Å². The largest absolute Gasteiger partial charge is 0.237 e. The smallest absolute Gasteiger partial charge is 0.143 e. The molecule has 0 aliphatic carbocycles. The van der Waals surface area contributed by atoms with E-state index < -0.39 is 0 Å². The Hall–Kier alpha value is -1.25. The van der Waals surface area contributed by atoms with E-state index in [1.807, 2.05) is 25.1 Å². The highest BCUT2D eigenvalue weighted by molar-refractivity contribution is 9.11. The van der Waals surface area contributed by atoms with Crippen molar-refractivity contribution in [3.63, 3.8) is 0 Å². The first-order valence-electron chi connectivity index (χ1n) is 4.66. The number of hydrogen-bond acceptors (Lipinski definition) is 4. The Balaban J connectivity index is 2.45. The van der Waals surface area contributed by atoms with Crippen LogP contribution in [0.2, 0.25) is 0 Å². The van der Waals surface area contributed by atoms with Gasteiger partial charge in [-0.1, -0.05) is 0 Å². The van der Waals surface area contributed by atoms with Gasteiger partial charge < -0.3 is 0 Å². The summed E-state index contributed by atoms with van der Waals surface area (Å²) < 4.78 is 1.07. The molecule has 2 aromatic heterocycles. The van der Waals surface area contributed by atoms with Gasteiger partial charge in [-0.25, -0.2) is 9.97 Å². The van der Waals surface area contributed by atoms with Gasteiger partial charge in [0.25, 0.3) is 0 Å². The molecule has 2 aromatic rings. The molecule has 0 bridgehead atoms. The molecule has 0 saturated heterocycles. The number of nitrogens with zero attached hydrogens (tertiary/aromatic N) is 3. The third-order valence-electron chi connectivity index (χ3n) is 1.96. The number of rotatable bonds is 2. The number of nitriles is 1. The van der Waals surface area contributed by atoms with Gasteiger partial charge in [0.2, 0.25) is 0 Å². The van der Waals surface area contributed by atoms with E-state index in [-0.39, 0.29) is 6.42 Å². The molecular formula is C11H8BrN3S. The lowest BCUT2D eigenvalue weighted by atomic mass is 10.3. The normalized spacial score (nSPS) is 10.1. The van der Waals surface area contributed by atoms with Crippen LogP contribution in [0, 0.1) is 18.3 Å². The van der Waals surface area contributed by atoms with E-state index in [0.717, 1.165) is 20.1 Å². The Labute approximate surface area is 106 Å². The minimum atomic E-state index is 0.251. The molecule has 5 heteroatoms. The second kappa shape index (κ2) is 4.73. The van der Waals surface area contributed by atoms with Gasteiger partial charge in [0.05, 0.1) is 26.8 Å². The number of thiophene rings is 1. The van der Waals surface area contributed by atoms with E-state index in [2.05, 4.69) is 32.0 Å². The Morgan fingerprint density at radius 2 is 2.25 bits per heavy atom. The highest BCUT2D eigenvalue weighted by Crippen LogP contribution is 2.30. The Morgan fingerprint density at radius 3 is 2.88 bits per heavy atom. The number of hydrogen-bond donors (Lipinski definition) is 0. The van der Waals surface area contributed by atoms with Gasteiger partial charge in [-0.3, -0.25) is 0 Å². The molecule has 0 fully saturated rings. The van der Waals surface area contributed by atoms with Crippen molar-refractivity contribution in [3.05, 3.63) is 33.5 Å². The van der Waals surface area contributed by atoms with Gasteiger partial charge in [0.15, 0.2) is 0 Å². The molecule has 16 heavy (non-hydrogen) atoms. The van der Waals surface area contributed by atoms with Crippen LogP contribution in [0.4, 0.5) is 0 Å². The van der Waals surface area contributed by atoms with Gasteiger partial charge in [-0.2, -0.15) is 5.26 Å². The molecule has 0 atom stereocenters. The van der Waals surface area contributed by atoms with E-state index >= 15 is 0 Å². The van der Waals surface area contributed by atoms with Crippen molar-refractivity contribution in [2.75, 3.05) is 0 Å². The van der Waals surface area contributed by atoms with Crippen LogP contribution in [-0.4, -0.2) is 9.97 Å². The van der Waals surface area contributed by atoms with Crippen molar-refractivity contribution in [2.24, 2.45) is 0 Å². The highest BCUT2D eigenvalue weighted by atomic mass is 79.9. The molecular weight excluding hydrogens is 286 g/mol. The first-order chi connectivity index (χ1) is 7.69. The summed E-state index contributed by atoms with van der Waals surface area (Å²) in [6, 6.07) is 7.99. The Kier molecular flexibility index (Phi) is 3.32. The SMILES string of the molecule is Cc1cc(-c2ccc(Br)s2)nc(CC#N)n1. The molecule has 2 rings (SSSR count).